The highest BCUT2D eigenvalue weighted by molar-refractivity contribution is 7.92. The summed E-state index contributed by atoms with van der Waals surface area (Å²) in [5, 5.41) is 0. The molecule has 0 bridgehead atoms. The number of anilines is 1. The van der Waals surface area contributed by atoms with Gasteiger partial charge in [-0.3, -0.25) is 9.52 Å². The van der Waals surface area contributed by atoms with Crippen LogP contribution in [0.5, 0.6) is 11.5 Å². The van der Waals surface area contributed by atoms with Gasteiger partial charge in [-0.1, -0.05) is 0 Å². The fourth-order valence-corrected chi connectivity index (χ4v) is 2.91. The van der Waals surface area contributed by atoms with Gasteiger partial charge in [0.15, 0.2) is 0 Å². The van der Waals surface area contributed by atoms with Gasteiger partial charge in [0.2, 0.25) is 0 Å². The number of H-pyrrole nitrogens is 1. The number of pyridine rings is 1. The van der Waals surface area contributed by atoms with Crippen molar-refractivity contribution in [2.45, 2.75) is 4.90 Å². The van der Waals surface area contributed by atoms with E-state index in [1.165, 1.54) is 50.7 Å². The van der Waals surface area contributed by atoms with E-state index in [1.807, 2.05) is 0 Å². The van der Waals surface area contributed by atoms with Crippen LogP contribution in [0.4, 0.5) is 5.69 Å². The van der Waals surface area contributed by atoms with Gasteiger partial charge in [0, 0.05) is 12.3 Å². The number of rotatable bonds is 5. The molecule has 0 aliphatic rings. The first kappa shape index (κ1) is 14.9. The van der Waals surface area contributed by atoms with Gasteiger partial charge in [-0.05, 0) is 24.3 Å². The lowest BCUT2D eigenvalue weighted by Crippen LogP contribution is -2.20. The molecule has 0 aliphatic heterocycles. The summed E-state index contributed by atoms with van der Waals surface area (Å²) in [6.45, 7) is 0. The quantitative estimate of drug-likeness (QED) is 0.864. The van der Waals surface area contributed by atoms with Crippen LogP contribution in [0.25, 0.3) is 0 Å². The molecule has 0 saturated carbocycles. The van der Waals surface area contributed by atoms with Crippen molar-refractivity contribution >= 4 is 15.7 Å². The first-order chi connectivity index (χ1) is 9.97. The Hall–Kier alpha value is -2.48. The number of hydrogen-bond acceptors (Lipinski definition) is 5. The van der Waals surface area contributed by atoms with E-state index in [2.05, 4.69) is 9.71 Å². The lowest BCUT2D eigenvalue weighted by molar-refractivity contribution is 0.386. The van der Waals surface area contributed by atoms with Crippen molar-refractivity contribution in [3.63, 3.8) is 0 Å². The van der Waals surface area contributed by atoms with Crippen LogP contribution in [-0.4, -0.2) is 27.6 Å². The Kier molecular flexibility index (Phi) is 4.18. The van der Waals surface area contributed by atoms with E-state index in [1.54, 1.807) is 0 Å². The minimum Gasteiger partial charge on any atom is -0.497 e. The number of ether oxygens (including phenoxy) is 2. The van der Waals surface area contributed by atoms with Gasteiger partial charge in [-0.25, -0.2) is 8.42 Å². The highest BCUT2D eigenvalue weighted by atomic mass is 32.2. The minimum absolute atomic E-state index is 0.0737. The topological polar surface area (TPSA) is 97.5 Å². The summed E-state index contributed by atoms with van der Waals surface area (Å²) in [6, 6.07) is 7.17. The smallest absolute Gasteiger partial charge is 0.272 e. The first-order valence-corrected chi connectivity index (χ1v) is 7.39. The second-order valence-corrected chi connectivity index (χ2v) is 5.69. The number of benzene rings is 1. The zero-order valence-electron chi connectivity index (χ0n) is 11.4. The predicted molar refractivity (Wildman–Crippen MR) is 77.4 cm³/mol. The molecule has 2 N–H and O–H groups in total. The lowest BCUT2D eigenvalue weighted by atomic mass is 10.3. The molecule has 1 heterocycles. The molecule has 0 saturated heterocycles. The van der Waals surface area contributed by atoms with E-state index in [4.69, 9.17) is 9.47 Å². The molecule has 21 heavy (non-hydrogen) atoms. The van der Waals surface area contributed by atoms with E-state index in [-0.39, 0.29) is 16.3 Å². The molecule has 0 aliphatic carbocycles. The van der Waals surface area contributed by atoms with E-state index >= 15 is 0 Å². The van der Waals surface area contributed by atoms with Crippen molar-refractivity contribution in [3.05, 3.63) is 46.9 Å². The fraction of sp³-hybridized carbons (Fsp3) is 0.154. The summed E-state index contributed by atoms with van der Waals surface area (Å²) in [6.07, 6.45) is 1.41. The second kappa shape index (κ2) is 5.88. The maximum absolute atomic E-state index is 12.3. The molecule has 1 aromatic heterocycles. The monoisotopic (exact) mass is 310 g/mol. The minimum atomic E-state index is -3.95. The molecule has 0 fully saturated rings. The van der Waals surface area contributed by atoms with Crippen LogP contribution in [0.3, 0.4) is 0 Å². The van der Waals surface area contributed by atoms with Gasteiger partial charge in [0.25, 0.3) is 15.6 Å². The summed E-state index contributed by atoms with van der Waals surface area (Å²) >= 11 is 0. The summed E-state index contributed by atoms with van der Waals surface area (Å²) in [5.41, 5.74) is -0.607. The summed E-state index contributed by atoms with van der Waals surface area (Å²) in [4.78, 5) is 13.8. The third-order valence-electron chi connectivity index (χ3n) is 2.72. The average Bonchev–Trinajstić information content (AvgIpc) is 2.48. The standard InChI is InChI=1S/C13H14N2O5S/c1-19-9-5-6-12(11(8-9)20-2)21(17,18)15-10-4-3-7-14-13(10)16/h3-8,15H,1-2H3,(H,14,16). The Labute approximate surface area is 121 Å². The first-order valence-electron chi connectivity index (χ1n) is 5.90. The Balaban J connectivity index is 2.45. The lowest BCUT2D eigenvalue weighted by Gasteiger charge is -2.12. The number of aromatic amines is 1. The van der Waals surface area contributed by atoms with Crippen molar-refractivity contribution in [1.82, 2.24) is 4.98 Å². The van der Waals surface area contributed by atoms with E-state index in [9.17, 15) is 13.2 Å². The zero-order chi connectivity index (χ0) is 15.5. The van der Waals surface area contributed by atoms with E-state index in [0.29, 0.717) is 5.75 Å². The van der Waals surface area contributed by atoms with Gasteiger partial charge >= 0.3 is 0 Å². The second-order valence-electron chi connectivity index (χ2n) is 4.04. The molecule has 0 amide bonds. The Bertz CT molecular complexity index is 798. The van der Waals surface area contributed by atoms with Crippen LogP contribution in [0.15, 0.2) is 46.2 Å². The van der Waals surface area contributed by atoms with Crippen LogP contribution in [0.1, 0.15) is 0 Å². The van der Waals surface area contributed by atoms with Crippen molar-refractivity contribution in [2.75, 3.05) is 18.9 Å². The zero-order valence-corrected chi connectivity index (χ0v) is 12.2. The summed E-state index contributed by atoms with van der Waals surface area (Å²) in [7, 11) is -1.14. The predicted octanol–water partition coefficient (Wildman–Crippen LogP) is 1.19. The Morgan fingerprint density at radius 2 is 1.90 bits per heavy atom. The highest BCUT2D eigenvalue weighted by Gasteiger charge is 2.21. The third-order valence-corrected chi connectivity index (χ3v) is 4.13. The number of methoxy groups -OCH3 is 2. The molecular formula is C13H14N2O5S. The molecule has 2 rings (SSSR count). The van der Waals surface area contributed by atoms with Crippen LogP contribution in [0, 0.1) is 0 Å². The van der Waals surface area contributed by atoms with Crippen molar-refractivity contribution in [1.29, 1.82) is 0 Å². The van der Waals surface area contributed by atoms with Gasteiger partial charge in [-0.15, -0.1) is 0 Å². The molecule has 8 heteroatoms. The van der Waals surface area contributed by atoms with Crippen molar-refractivity contribution in [3.8, 4) is 11.5 Å². The third kappa shape index (κ3) is 3.16. The van der Waals surface area contributed by atoms with Crippen molar-refractivity contribution in [2.24, 2.45) is 0 Å². The molecule has 2 aromatic rings. The van der Waals surface area contributed by atoms with Crippen LogP contribution in [0.2, 0.25) is 0 Å². The number of hydrogen-bond donors (Lipinski definition) is 2. The Morgan fingerprint density at radius 1 is 1.14 bits per heavy atom. The molecule has 7 nitrogen and oxygen atoms in total. The van der Waals surface area contributed by atoms with E-state index in [0.717, 1.165) is 0 Å². The van der Waals surface area contributed by atoms with Gasteiger partial charge in [0.1, 0.15) is 22.1 Å². The Morgan fingerprint density at radius 3 is 2.52 bits per heavy atom. The number of nitrogens with one attached hydrogen (secondary N) is 2. The van der Waals surface area contributed by atoms with Gasteiger partial charge < -0.3 is 14.5 Å². The van der Waals surface area contributed by atoms with Crippen LogP contribution >= 0.6 is 0 Å². The fourth-order valence-electron chi connectivity index (χ4n) is 1.70. The van der Waals surface area contributed by atoms with Crippen LogP contribution < -0.4 is 19.8 Å². The molecule has 1 aromatic carbocycles. The number of aromatic nitrogens is 1. The summed E-state index contributed by atoms with van der Waals surface area (Å²) < 4.78 is 37.0. The van der Waals surface area contributed by atoms with Gasteiger partial charge in [0.05, 0.1) is 14.2 Å². The van der Waals surface area contributed by atoms with Crippen LogP contribution in [-0.2, 0) is 10.0 Å². The normalized spacial score (nSPS) is 11.0. The van der Waals surface area contributed by atoms with Crippen molar-refractivity contribution < 1.29 is 17.9 Å². The maximum Gasteiger partial charge on any atom is 0.272 e. The summed E-state index contributed by atoms with van der Waals surface area (Å²) in [5.74, 6) is 0.581. The molecule has 0 atom stereocenters. The highest BCUT2D eigenvalue weighted by Crippen LogP contribution is 2.29. The molecule has 0 radical (unpaired) electrons. The maximum atomic E-state index is 12.3. The van der Waals surface area contributed by atoms with Gasteiger partial charge in [-0.2, -0.15) is 0 Å². The molecule has 0 spiro atoms. The largest absolute Gasteiger partial charge is 0.497 e. The molecule has 112 valence electrons. The average molecular weight is 310 g/mol. The molecule has 0 unspecified atom stereocenters. The van der Waals surface area contributed by atoms with E-state index < -0.39 is 15.6 Å². The molecular weight excluding hydrogens is 296 g/mol. The SMILES string of the molecule is COc1ccc(S(=O)(=O)Nc2ccc[nH]c2=O)c(OC)c1. The number of sulfonamides is 1.